The first-order valence-corrected chi connectivity index (χ1v) is 5.37. The Labute approximate surface area is 97.7 Å². The minimum Gasteiger partial charge on any atom is -0.394 e. The van der Waals surface area contributed by atoms with E-state index in [0.29, 0.717) is 5.82 Å². The maximum absolute atomic E-state index is 11.7. The Morgan fingerprint density at radius 1 is 1.71 bits per heavy atom. The summed E-state index contributed by atoms with van der Waals surface area (Å²) >= 11 is 0. The van der Waals surface area contributed by atoms with Gasteiger partial charge in [-0.05, 0) is 6.07 Å². The van der Waals surface area contributed by atoms with Gasteiger partial charge in [-0.25, -0.2) is 4.79 Å². The van der Waals surface area contributed by atoms with Gasteiger partial charge in [0.05, 0.1) is 12.7 Å². The van der Waals surface area contributed by atoms with Gasteiger partial charge in [0.15, 0.2) is 0 Å². The average molecular weight is 241 g/mol. The Morgan fingerprint density at radius 3 is 3.00 bits per heavy atom. The lowest BCUT2D eigenvalue weighted by molar-refractivity contribution is -0.0458. The van der Waals surface area contributed by atoms with Crippen LogP contribution in [0.2, 0.25) is 0 Å². The van der Waals surface area contributed by atoms with Crippen LogP contribution >= 0.6 is 0 Å². The van der Waals surface area contributed by atoms with Crippen molar-refractivity contribution in [2.24, 2.45) is 0 Å². The van der Waals surface area contributed by atoms with Crippen molar-refractivity contribution < 1.29 is 14.9 Å². The number of ether oxygens (including phenoxy) is 1. The van der Waals surface area contributed by atoms with Gasteiger partial charge in [-0.1, -0.05) is 0 Å². The molecule has 7 nitrogen and oxygen atoms in total. The molecule has 3 atom stereocenters. The van der Waals surface area contributed by atoms with Crippen LogP contribution in [0.4, 0.5) is 5.82 Å². The maximum atomic E-state index is 11.7. The number of anilines is 1. The fourth-order valence-electron chi connectivity index (χ4n) is 1.82. The predicted octanol–water partition coefficient (Wildman–Crippen LogP) is -1.07. The second-order valence-corrected chi connectivity index (χ2v) is 3.87. The van der Waals surface area contributed by atoms with Crippen molar-refractivity contribution in [2.45, 2.75) is 24.9 Å². The zero-order chi connectivity index (χ0) is 12.4. The zero-order valence-electron chi connectivity index (χ0n) is 9.41. The second kappa shape index (κ2) is 4.82. The first-order valence-electron chi connectivity index (χ1n) is 5.37. The molecule has 0 saturated carbocycles. The van der Waals surface area contributed by atoms with E-state index in [4.69, 9.17) is 9.84 Å². The van der Waals surface area contributed by atoms with E-state index in [-0.39, 0.29) is 13.0 Å². The molecule has 3 N–H and O–H groups in total. The molecular weight excluding hydrogens is 226 g/mol. The summed E-state index contributed by atoms with van der Waals surface area (Å²) in [7, 11) is 1.67. The van der Waals surface area contributed by atoms with Gasteiger partial charge in [0.2, 0.25) is 0 Å². The quantitative estimate of drug-likeness (QED) is 0.623. The lowest BCUT2D eigenvalue weighted by atomic mass is 10.2. The molecule has 1 aromatic heterocycles. The topological polar surface area (TPSA) is 96.6 Å². The van der Waals surface area contributed by atoms with Gasteiger partial charge in [-0.3, -0.25) is 4.57 Å². The third-order valence-corrected chi connectivity index (χ3v) is 2.78. The van der Waals surface area contributed by atoms with Crippen molar-refractivity contribution in [3.8, 4) is 0 Å². The minimum atomic E-state index is -0.763. The third-order valence-electron chi connectivity index (χ3n) is 2.78. The summed E-state index contributed by atoms with van der Waals surface area (Å²) in [6.07, 6.45) is -0.158. The SMILES string of the molecule is CNc1ccn([C@H]2C[C@@H](O)[C@H](CO)O2)c(=O)n1. The fourth-order valence-corrected chi connectivity index (χ4v) is 1.82. The molecule has 0 aliphatic carbocycles. The number of hydrogen-bond donors (Lipinski definition) is 3. The summed E-state index contributed by atoms with van der Waals surface area (Å²) in [5.41, 5.74) is -0.451. The Bertz CT molecular complexity index is 447. The number of nitrogens with zero attached hydrogens (tertiary/aromatic N) is 2. The monoisotopic (exact) mass is 241 g/mol. The standard InChI is InChI=1S/C10H15N3O4/c1-11-8-2-3-13(10(16)12-8)9-4-6(15)7(5-14)17-9/h2-3,6-7,9,14-15H,4-5H2,1H3,(H,11,12,16)/t6-,7+,9-/m1/s1. The first-order chi connectivity index (χ1) is 8.15. The Hall–Kier alpha value is -1.44. The lowest BCUT2D eigenvalue weighted by Gasteiger charge is -2.14. The van der Waals surface area contributed by atoms with Gasteiger partial charge in [-0.2, -0.15) is 4.98 Å². The van der Waals surface area contributed by atoms with Crippen LogP contribution in [-0.2, 0) is 4.74 Å². The first kappa shape index (κ1) is 12.0. The zero-order valence-corrected chi connectivity index (χ0v) is 9.41. The summed E-state index contributed by atoms with van der Waals surface area (Å²) in [4.78, 5) is 15.5. The smallest absolute Gasteiger partial charge is 0.351 e. The molecule has 1 aliphatic heterocycles. The van der Waals surface area contributed by atoms with Crippen LogP contribution in [0.3, 0.4) is 0 Å². The summed E-state index contributed by atoms with van der Waals surface area (Å²) in [6.45, 7) is -0.269. The van der Waals surface area contributed by atoms with Crippen molar-refractivity contribution in [1.29, 1.82) is 0 Å². The molecule has 7 heteroatoms. The van der Waals surface area contributed by atoms with Gasteiger partial charge in [0, 0.05) is 19.7 Å². The van der Waals surface area contributed by atoms with E-state index in [1.54, 1.807) is 19.3 Å². The van der Waals surface area contributed by atoms with E-state index >= 15 is 0 Å². The van der Waals surface area contributed by atoms with Gasteiger partial charge < -0.3 is 20.3 Å². The van der Waals surface area contributed by atoms with Crippen LogP contribution in [0.25, 0.3) is 0 Å². The molecule has 0 radical (unpaired) electrons. The van der Waals surface area contributed by atoms with Gasteiger partial charge in [0.1, 0.15) is 18.1 Å². The third kappa shape index (κ3) is 2.31. The molecule has 0 aromatic carbocycles. The molecule has 94 valence electrons. The van der Waals surface area contributed by atoms with Crippen LogP contribution < -0.4 is 11.0 Å². The highest BCUT2D eigenvalue weighted by Gasteiger charge is 2.34. The minimum absolute atomic E-state index is 0.269. The van der Waals surface area contributed by atoms with E-state index in [9.17, 15) is 9.90 Å². The van der Waals surface area contributed by atoms with E-state index in [1.807, 2.05) is 0 Å². The van der Waals surface area contributed by atoms with E-state index in [2.05, 4.69) is 10.3 Å². The van der Waals surface area contributed by atoms with Crippen molar-refractivity contribution in [3.05, 3.63) is 22.7 Å². The van der Waals surface area contributed by atoms with Crippen LogP contribution in [0.5, 0.6) is 0 Å². The molecule has 1 aliphatic rings. The Balaban J connectivity index is 2.22. The van der Waals surface area contributed by atoms with Crippen LogP contribution in [0.1, 0.15) is 12.6 Å². The molecular formula is C10H15N3O4. The molecule has 1 aromatic rings. The average Bonchev–Trinajstić information content (AvgIpc) is 2.70. The van der Waals surface area contributed by atoms with E-state index in [1.165, 1.54) is 4.57 Å². The Morgan fingerprint density at radius 2 is 2.47 bits per heavy atom. The summed E-state index contributed by atoms with van der Waals surface area (Å²) < 4.78 is 6.67. The van der Waals surface area contributed by atoms with Crippen molar-refractivity contribution in [1.82, 2.24) is 9.55 Å². The number of aliphatic hydroxyl groups excluding tert-OH is 2. The predicted molar refractivity (Wildman–Crippen MR) is 59.7 cm³/mol. The highest BCUT2D eigenvalue weighted by Crippen LogP contribution is 2.27. The van der Waals surface area contributed by atoms with Crippen molar-refractivity contribution >= 4 is 5.82 Å². The molecule has 0 amide bonds. The molecule has 1 fully saturated rings. The molecule has 2 heterocycles. The highest BCUT2D eigenvalue weighted by atomic mass is 16.5. The van der Waals surface area contributed by atoms with Crippen LogP contribution in [-0.4, -0.2) is 45.6 Å². The summed E-state index contributed by atoms with van der Waals surface area (Å²) in [6, 6.07) is 1.64. The van der Waals surface area contributed by atoms with Gasteiger partial charge >= 0.3 is 5.69 Å². The molecule has 1 saturated heterocycles. The summed E-state index contributed by atoms with van der Waals surface area (Å²) in [5, 5.41) is 21.3. The molecule has 2 rings (SSSR count). The van der Waals surface area contributed by atoms with Crippen LogP contribution in [0.15, 0.2) is 17.1 Å². The van der Waals surface area contributed by atoms with Crippen molar-refractivity contribution in [3.63, 3.8) is 0 Å². The summed E-state index contributed by atoms with van der Waals surface area (Å²) in [5.74, 6) is 0.475. The number of aliphatic hydroxyl groups is 2. The van der Waals surface area contributed by atoms with E-state index in [0.717, 1.165) is 0 Å². The largest absolute Gasteiger partial charge is 0.394 e. The fraction of sp³-hybridized carbons (Fsp3) is 0.600. The Kier molecular flexibility index (Phi) is 3.41. The van der Waals surface area contributed by atoms with Crippen LogP contribution in [0, 0.1) is 0 Å². The molecule has 0 bridgehead atoms. The number of aromatic nitrogens is 2. The lowest BCUT2D eigenvalue weighted by Crippen LogP contribution is -2.27. The number of hydrogen-bond acceptors (Lipinski definition) is 6. The van der Waals surface area contributed by atoms with E-state index < -0.39 is 24.1 Å². The molecule has 0 spiro atoms. The molecule has 17 heavy (non-hydrogen) atoms. The second-order valence-electron chi connectivity index (χ2n) is 3.87. The maximum Gasteiger partial charge on any atom is 0.351 e. The van der Waals surface area contributed by atoms with Crippen molar-refractivity contribution in [2.75, 3.05) is 19.0 Å². The number of rotatable bonds is 3. The number of nitrogens with one attached hydrogen (secondary N) is 1. The van der Waals surface area contributed by atoms with Gasteiger partial charge in [-0.15, -0.1) is 0 Å². The molecule has 0 unspecified atom stereocenters. The normalized spacial score (nSPS) is 28.3. The highest BCUT2D eigenvalue weighted by molar-refractivity contribution is 5.30. The van der Waals surface area contributed by atoms with Gasteiger partial charge in [0.25, 0.3) is 0 Å².